The number of nitrogens with zero attached hydrogens (tertiary/aromatic N) is 2. The molecule has 6 heteroatoms. The van der Waals surface area contributed by atoms with Crippen molar-refractivity contribution < 1.29 is 13.2 Å². The Balaban J connectivity index is 2.35. The van der Waals surface area contributed by atoms with Crippen LogP contribution >= 0.6 is 0 Å². The van der Waals surface area contributed by atoms with Crippen molar-refractivity contribution in [3.05, 3.63) is 29.3 Å². The van der Waals surface area contributed by atoms with Crippen molar-refractivity contribution in [2.75, 3.05) is 18.0 Å². The first-order valence-electron chi connectivity index (χ1n) is 6.77. The van der Waals surface area contributed by atoms with Crippen LogP contribution in [0.5, 0.6) is 0 Å². The van der Waals surface area contributed by atoms with E-state index in [1.807, 2.05) is 24.8 Å². The maximum absolute atomic E-state index is 12.7. The van der Waals surface area contributed by atoms with Crippen LogP contribution in [-0.4, -0.2) is 19.1 Å². The van der Waals surface area contributed by atoms with Gasteiger partial charge in [0, 0.05) is 19.1 Å². The molecule has 21 heavy (non-hydrogen) atoms. The molecular weight excluding hydrogens is 279 g/mol. The Hall–Kier alpha value is -1.74. The summed E-state index contributed by atoms with van der Waals surface area (Å²) in [6.45, 7) is 5.32. The number of alkyl halides is 3. The maximum atomic E-state index is 12.7. The van der Waals surface area contributed by atoms with Crippen LogP contribution in [-0.2, 0) is 6.18 Å². The first-order chi connectivity index (χ1) is 9.65. The van der Waals surface area contributed by atoms with E-state index in [9.17, 15) is 13.2 Å². The van der Waals surface area contributed by atoms with Crippen molar-refractivity contribution in [3.8, 4) is 6.07 Å². The van der Waals surface area contributed by atoms with Gasteiger partial charge in [-0.05, 0) is 30.0 Å². The summed E-state index contributed by atoms with van der Waals surface area (Å²) < 4.78 is 38.1. The normalized spacial score (nSPS) is 22.0. The quantitative estimate of drug-likeness (QED) is 0.866. The molecule has 114 valence electrons. The predicted octanol–water partition coefficient (Wildman–Crippen LogP) is 3.14. The lowest BCUT2D eigenvalue weighted by Crippen LogP contribution is -2.52. The lowest BCUT2D eigenvalue weighted by Gasteiger charge is -2.44. The minimum absolute atomic E-state index is 0.0498. The molecule has 0 bridgehead atoms. The fourth-order valence-electron chi connectivity index (χ4n) is 2.66. The van der Waals surface area contributed by atoms with Crippen LogP contribution in [0, 0.1) is 16.7 Å². The van der Waals surface area contributed by atoms with Gasteiger partial charge >= 0.3 is 6.18 Å². The van der Waals surface area contributed by atoms with E-state index in [2.05, 4.69) is 0 Å². The molecule has 0 aliphatic carbocycles. The number of piperidine rings is 1. The molecule has 0 saturated carbocycles. The highest BCUT2D eigenvalue weighted by Gasteiger charge is 2.35. The lowest BCUT2D eigenvalue weighted by molar-refractivity contribution is -0.137. The molecule has 1 fully saturated rings. The molecule has 0 radical (unpaired) electrons. The largest absolute Gasteiger partial charge is 0.416 e. The van der Waals surface area contributed by atoms with E-state index in [-0.39, 0.29) is 17.0 Å². The van der Waals surface area contributed by atoms with Gasteiger partial charge in [-0.25, -0.2) is 0 Å². The van der Waals surface area contributed by atoms with E-state index in [0.717, 1.165) is 18.6 Å². The Bertz CT molecular complexity index is 573. The Kier molecular flexibility index (Phi) is 3.89. The van der Waals surface area contributed by atoms with Gasteiger partial charge < -0.3 is 10.6 Å². The monoisotopic (exact) mass is 297 g/mol. The SMILES string of the molecule is CC1(C)CN(c2ccc(C(F)(F)F)cc2C#N)CCC1N. The number of benzene rings is 1. The number of nitrogens with two attached hydrogens (primary N) is 1. The summed E-state index contributed by atoms with van der Waals surface area (Å²) >= 11 is 0. The van der Waals surface area contributed by atoms with E-state index in [0.29, 0.717) is 18.8 Å². The van der Waals surface area contributed by atoms with Gasteiger partial charge in [0.25, 0.3) is 0 Å². The van der Waals surface area contributed by atoms with Crippen LogP contribution in [0.4, 0.5) is 18.9 Å². The van der Waals surface area contributed by atoms with E-state index >= 15 is 0 Å². The molecule has 1 aromatic carbocycles. The number of hydrogen-bond donors (Lipinski definition) is 1. The first-order valence-corrected chi connectivity index (χ1v) is 6.77. The van der Waals surface area contributed by atoms with Gasteiger partial charge in [0.05, 0.1) is 16.8 Å². The summed E-state index contributed by atoms with van der Waals surface area (Å²) in [4.78, 5) is 1.95. The van der Waals surface area contributed by atoms with Crippen molar-refractivity contribution in [1.29, 1.82) is 5.26 Å². The van der Waals surface area contributed by atoms with Crippen LogP contribution in [0.15, 0.2) is 18.2 Å². The van der Waals surface area contributed by atoms with Crippen LogP contribution in [0.3, 0.4) is 0 Å². The standard InChI is InChI=1S/C15H18F3N3/c1-14(2)9-21(6-5-13(14)20)12-4-3-11(15(16,17)18)7-10(12)8-19/h3-4,7,13H,5-6,9,20H2,1-2H3. The smallest absolute Gasteiger partial charge is 0.370 e. The summed E-state index contributed by atoms with van der Waals surface area (Å²) in [6, 6.07) is 5.24. The second-order valence-electron chi connectivity index (χ2n) is 6.15. The number of anilines is 1. The zero-order chi connectivity index (χ0) is 15.8. The maximum Gasteiger partial charge on any atom is 0.416 e. The van der Waals surface area contributed by atoms with E-state index in [1.165, 1.54) is 6.07 Å². The third-order valence-electron chi connectivity index (χ3n) is 4.10. The Labute approximate surface area is 122 Å². The minimum Gasteiger partial charge on any atom is -0.370 e. The zero-order valence-electron chi connectivity index (χ0n) is 12.0. The van der Waals surface area contributed by atoms with Gasteiger partial charge in [-0.2, -0.15) is 18.4 Å². The van der Waals surface area contributed by atoms with Gasteiger partial charge in [0.15, 0.2) is 0 Å². The van der Waals surface area contributed by atoms with Crippen molar-refractivity contribution in [2.24, 2.45) is 11.1 Å². The molecular formula is C15H18F3N3. The third kappa shape index (κ3) is 3.13. The Morgan fingerprint density at radius 3 is 2.57 bits per heavy atom. The summed E-state index contributed by atoms with van der Waals surface area (Å²) in [5.41, 5.74) is 5.72. The number of rotatable bonds is 1. The van der Waals surface area contributed by atoms with Crippen LogP contribution in [0.1, 0.15) is 31.4 Å². The van der Waals surface area contributed by atoms with E-state index in [1.54, 1.807) is 0 Å². The molecule has 0 amide bonds. The number of halogens is 3. The van der Waals surface area contributed by atoms with Crippen molar-refractivity contribution >= 4 is 5.69 Å². The minimum atomic E-state index is -4.44. The van der Waals surface area contributed by atoms with Crippen LogP contribution < -0.4 is 10.6 Å². The zero-order valence-corrected chi connectivity index (χ0v) is 12.0. The van der Waals surface area contributed by atoms with Gasteiger partial charge in [0.2, 0.25) is 0 Å². The number of nitriles is 1. The van der Waals surface area contributed by atoms with E-state index < -0.39 is 11.7 Å². The highest BCUT2D eigenvalue weighted by atomic mass is 19.4. The molecule has 2 rings (SSSR count). The van der Waals surface area contributed by atoms with Gasteiger partial charge in [-0.15, -0.1) is 0 Å². The lowest BCUT2D eigenvalue weighted by atomic mass is 9.79. The molecule has 1 aromatic rings. The first kappa shape index (κ1) is 15.6. The fraction of sp³-hybridized carbons (Fsp3) is 0.533. The molecule has 2 N–H and O–H groups in total. The predicted molar refractivity (Wildman–Crippen MR) is 74.7 cm³/mol. The van der Waals surface area contributed by atoms with Crippen LogP contribution in [0.25, 0.3) is 0 Å². The van der Waals surface area contributed by atoms with Gasteiger partial charge in [-0.1, -0.05) is 13.8 Å². The highest BCUT2D eigenvalue weighted by molar-refractivity contribution is 5.61. The average molecular weight is 297 g/mol. The van der Waals surface area contributed by atoms with E-state index in [4.69, 9.17) is 11.0 Å². The molecule has 1 aliphatic heterocycles. The molecule has 3 nitrogen and oxygen atoms in total. The second kappa shape index (κ2) is 5.23. The summed E-state index contributed by atoms with van der Waals surface area (Å²) in [5, 5.41) is 9.15. The van der Waals surface area contributed by atoms with Crippen molar-refractivity contribution in [1.82, 2.24) is 0 Å². The molecule has 0 spiro atoms. The Morgan fingerprint density at radius 1 is 1.38 bits per heavy atom. The fourth-order valence-corrected chi connectivity index (χ4v) is 2.66. The molecule has 1 saturated heterocycles. The molecule has 1 heterocycles. The molecule has 0 aromatic heterocycles. The summed E-state index contributed by atoms with van der Waals surface area (Å²) in [6.07, 6.45) is -3.69. The molecule has 1 aliphatic rings. The summed E-state index contributed by atoms with van der Waals surface area (Å²) in [5.74, 6) is 0. The molecule has 1 atom stereocenters. The summed E-state index contributed by atoms with van der Waals surface area (Å²) in [7, 11) is 0. The topological polar surface area (TPSA) is 53.0 Å². The number of hydrogen-bond acceptors (Lipinski definition) is 3. The third-order valence-corrected chi connectivity index (χ3v) is 4.10. The van der Waals surface area contributed by atoms with Crippen molar-refractivity contribution in [3.63, 3.8) is 0 Å². The molecule has 1 unspecified atom stereocenters. The average Bonchev–Trinajstić information content (AvgIpc) is 2.40. The van der Waals surface area contributed by atoms with Crippen molar-refractivity contribution in [2.45, 2.75) is 32.5 Å². The van der Waals surface area contributed by atoms with Gasteiger partial charge in [0.1, 0.15) is 6.07 Å². The Morgan fingerprint density at radius 2 is 2.05 bits per heavy atom. The highest BCUT2D eigenvalue weighted by Crippen LogP contribution is 2.36. The van der Waals surface area contributed by atoms with Gasteiger partial charge in [-0.3, -0.25) is 0 Å². The van der Waals surface area contributed by atoms with Crippen LogP contribution in [0.2, 0.25) is 0 Å². The second-order valence-corrected chi connectivity index (χ2v) is 6.15.